The molecule has 1 nitrogen and oxygen atoms in total. The molecule has 2 aromatic carbocycles. The van der Waals surface area contributed by atoms with Gasteiger partial charge < -0.3 is 5.32 Å². The number of nitrogens with one attached hydrogen (secondary N) is 1. The molecule has 0 saturated carbocycles. The first-order valence-corrected chi connectivity index (χ1v) is 7.70. The van der Waals surface area contributed by atoms with Gasteiger partial charge in [-0.25, -0.2) is 4.39 Å². The van der Waals surface area contributed by atoms with Crippen molar-refractivity contribution in [1.29, 1.82) is 0 Å². The highest BCUT2D eigenvalue weighted by Crippen LogP contribution is 2.31. The molecule has 0 fully saturated rings. The summed E-state index contributed by atoms with van der Waals surface area (Å²) in [6.45, 7) is 5.20. The van der Waals surface area contributed by atoms with Gasteiger partial charge in [0.05, 0.1) is 0 Å². The van der Waals surface area contributed by atoms with Crippen LogP contribution in [0.4, 0.5) is 4.39 Å². The maximum atomic E-state index is 14.1. The molecule has 2 rings (SSSR count). The molecule has 0 aliphatic carbocycles. The topological polar surface area (TPSA) is 12.0 Å². The molecule has 0 saturated heterocycles. The van der Waals surface area contributed by atoms with E-state index in [9.17, 15) is 4.39 Å². The van der Waals surface area contributed by atoms with E-state index in [-0.39, 0.29) is 11.9 Å². The van der Waals surface area contributed by atoms with Crippen molar-refractivity contribution in [3.8, 4) is 11.1 Å². The van der Waals surface area contributed by atoms with Gasteiger partial charge in [0, 0.05) is 16.1 Å². The fourth-order valence-corrected chi connectivity index (χ4v) is 2.68. The van der Waals surface area contributed by atoms with Crippen LogP contribution in [0.15, 0.2) is 46.9 Å². The summed E-state index contributed by atoms with van der Waals surface area (Å²) in [5, 5.41) is 3.43. The highest BCUT2D eigenvalue weighted by Gasteiger charge is 2.12. The van der Waals surface area contributed by atoms with Gasteiger partial charge in [-0.15, -0.1) is 0 Å². The molecule has 0 aromatic heterocycles. The summed E-state index contributed by atoms with van der Waals surface area (Å²) >= 11 is 3.49. The quantitative estimate of drug-likeness (QED) is 0.780. The number of hydrogen-bond acceptors (Lipinski definition) is 1. The Kier molecular flexibility index (Phi) is 5.32. The van der Waals surface area contributed by atoms with E-state index in [0.717, 1.165) is 28.6 Å². The smallest absolute Gasteiger partial charge is 0.131 e. The maximum absolute atomic E-state index is 14.1. The SMILES string of the molecule is CCCNC(C)c1ccc(F)c(-c2ccccc2Br)c1. The van der Waals surface area contributed by atoms with Crippen molar-refractivity contribution in [2.45, 2.75) is 26.3 Å². The molecule has 0 heterocycles. The first-order valence-electron chi connectivity index (χ1n) is 6.91. The van der Waals surface area contributed by atoms with Crippen molar-refractivity contribution in [3.63, 3.8) is 0 Å². The van der Waals surface area contributed by atoms with Crippen LogP contribution in [-0.2, 0) is 0 Å². The van der Waals surface area contributed by atoms with Crippen LogP contribution in [0.1, 0.15) is 31.9 Å². The van der Waals surface area contributed by atoms with Gasteiger partial charge in [-0.3, -0.25) is 0 Å². The first kappa shape index (κ1) is 15.2. The molecular weight excluding hydrogens is 317 g/mol. The van der Waals surface area contributed by atoms with Crippen LogP contribution in [0.2, 0.25) is 0 Å². The van der Waals surface area contributed by atoms with Crippen LogP contribution in [0.5, 0.6) is 0 Å². The zero-order chi connectivity index (χ0) is 14.5. The third-order valence-corrected chi connectivity index (χ3v) is 4.05. The zero-order valence-corrected chi connectivity index (χ0v) is 13.4. The van der Waals surface area contributed by atoms with Crippen molar-refractivity contribution < 1.29 is 4.39 Å². The van der Waals surface area contributed by atoms with Crippen LogP contribution in [0, 0.1) is 5.82 Å². The van der Waals surface area contributed by atoms with Gasteiger partial charge in [0.1, 0.15) is 5.82 Å². The molecule has 1 atom stereocenters. The molecule has 0 aliphatic rings. The molecular formula is C17H19BrFN. The Bertz CT molecular complexity index is 583. The maximum Gasteiger partial charge on any atom is 0.131 e. The summed E-state index contributed by atoms with van der Waals surface area (Å²) in [6, 6.07) is 13.3. The second-order valence-electron chi connectivity index (χ2n) is 4.89. The number of benzene rings is 2. The molecule has 1 unspecified atom stereocenters. The van der Waals surface area contributed by atoms with Crippen LogP contribution >= 0.6 is 15.9 Å². The van der Waals surface area contributed by atoms with Crippen molar-refractivity contribution in [2.24, 2.45) is 0 Å². The minimum atomic E-state index is -0.191. The lowest BCUT2D eigenvalue weighted by atomic mass is 9.99. The van der Waals surface area contributed by atoms with Gasteiger partial charge >= 0.3 is 0 Å². The summed E-state index contributed by atoms with van der Waals surface area (Å²) in [4.78, 5) is 0. The molecule has 2 aromatic rings. The van der Waals surface area contributed by atoms with Gasteiger partial charge in [0.25, 0.3) is 0 Å². The van der Waals surface area contributed by atoms with E-state index in [2.05, 4.69) is 35.1 Å². The van der Waals surface area contributed by atoms with Crippen LogP contribution < -0.4 is 5.32 Å². The standard InChI is InChI=1S/C17H19BrFN/c1-3-10-20-12(2)13-8-9-17(19)15(11-13)14-6-4-5-7-16(14)18/h4-9,11-12,20H,3,10H2,1-2H3. The highest BCUT2D eigenvalue weighted by molar-refractivity contribution is 9.10. The fourth-order valence-electron chi connectivity index (χ4n) is 2.18. The lowest BCUT2D eigenvalue weighted by molar-refractivity contribution is 0.568. The average Bonchev–Trinajstić information content (AvgIpc) is 2.46. The predicted octanol–water partition coefficient (Wildman–Crippen LogP) is 5.32. The largest absolute Gasteiger partial charge is 0.310 e. The molecule has 0 spiro atoms. The zero-order valence-electron chi connectivity index (χ0n) is 11.8. The molecule has 1 N–H and O–H groups in total. The second kappa shape index (κ2) is 7.00. The van der Waals surface area contributed by atoms with Crippen molar-refractivity contribution >= 4 is 15.9 Å². The van der Waals surface area contributed by atoms with E-state index >= 15 is 0 Å². The van der Waals surface area contributed by atoms with Crippen LogP contribution in [0.25, 0.3) is 11.1 Å². The minimum Gasteiger partial charge on any atom is -0.310 e. The van der Waals surface area contributed by atoms with Crippen LogP contribution in [-0.4, -0.2) is 6.54 Å². The fraction of sp³-hybridized carbons (Fsp3) is 0.294. The van der Waals surface area contributed by atoms with Crippen molar-refractivity contribution in [2.75, 3.05) is 6.54 Å². The average molecular weight is 336 g/mol. The van der Waals surface area contributed by atoms with E-state index in [4.69, 9.17) is 0 Å². The summed E-state index contributed by atoms with van der Waals surface area (Å²) in [6.07, 6.45) is 1.09. The second-order valence-corrected chi connectivity index (χ2v) is 5.75. The summed E-state index contributed by atoms with van der Waals surface area (Å²) in [7, 11) is 0. The van der Waals surface area contributed by atoms with Crippen molar-refractivity contribution in [3.05, 3.63) is 58.3 Å². The van der Waals surface area contributed by atoms with Gasteiger partial charge in [-0.2, -0.15) is 0 Å². The lowest BCUT2D eigenvalue weighted by Gasteiger charge is -2.16. The van der Waals surface area contributed by atoms with Crippen LogP contribution in [0.3, 0.4) is 0 Å². The van der Waals surface area contributed by atoms with Gasteiger partial charge in [-0.05, 0) is 49.2 Å². The van der Waals surface area contributed by atoms with E-state index < -0.39 is 0 Å². The van der Waals surface area contributed by atoms with Gasteiger partial charge in [0.2, 0.25) is 0 Å². The minimum absolute atomic E-state index is 0.191. The Balaban J connectivity index is 2.37. The van der Waals surface area contributed by atoms with E-state index in [0.29, 0.717) is 5.56 Å². The molecule has 0 radical (unpaired) electrons. The molecule has 20 heavy (non-hydrogen) atoms. The summed E-state index contributed by atoms with van der Waals surface area (Å²) < 4.78 is 15.0. The number of hydrogen-bond donors (Lipinski definition) is 1. The Labute approximate surface area is 128 Å². The van der Waals surface area contributed by atoms with E-state index in [1.807, 2.05) is 36.4 Å². The van der Waals surface area contributed by atoms with Gasteiger partial charge in [-0.1, -0.05) is 47.1 Å². The third kappa shape index (κ3) is 3.47. The predicted molar refractivity (Wildman–Crippen MR) is 86.2 cm³/mol. The van der Waals surface area contributed by atoms with E-state index in [1.165, 1.54) is 0 Å². The number of rotatable bonds is 5. The monoisotopic (exact) mass is 335 g/mol. The van der Waals surface area contributed by atoms with E-state index in [1.54, 1.807) is 6.07 Å². The summed E-state index contributed by atoms with van der Waals surface area (Å²) in [5.41, 5.74) is 2.63. The highest BCUT2D eigenvalue weighted by atomic mass is 79.9. The van der Waals surface area contributed by atoms with Gasteiger partial charge in [0.15, 0.2) is 0 Å². The Hall–Kier alpha value is -1.19. The Morgan fingerprint density at radius 1 is 1.15 bits per heavy atom. The Morgan fingerprint density at radius 2 is 1.90 bits per heavy atom. The third-order valence-electron chi connectivity index (χ3n) is 3.35. The number of halogens is 2. The normalized spacial score (nSPS) is 12.4. The molecule has 3 heteroatoms. The molecule has 0 bridgehead atoms. The first-order chi connectivity index (χ1) is 9.63. The Morgan fingerprint density at radius 3 is 2.60 bits per heavy atom. The molecule has 0 amide bonds. The molecule has 106 valence electrons. The summed E-state index contributed by atoms with van der Waals surface area (Å²) in [5.74, 6) is -0.191. The van der Waals surface area contributed by atoms with Crippen molar-refractivity contribution in [1.82, 2.24) is 5.32 Å². The molecule has 0 aliphatic heterocycles. The lowest BCUT2D eigenvalue weighted by Crippen LogP contribution is -2.19.